The Kier molecular flexibility index (Phi) is 4.60. The second kappa shape index (κ2) is 4.66. The lowest BCUT2D eigenvalue weighted by molar-refractivity contribution is 0.202. The molecule has 0 bridgehead atoms. The van der Waals surface area contributed by atoms with Crippen molar-refractivity contribution in [3.8, 4) is 0 Å². The molecule has 10 heavy (non-hydrogen) atoms. The SMILES string of the molecule is C=C[SiH2]C(N(C)C)N(C)C. The zero-order valence-electron chi connectivity index (χ0n) is 7.46. The summed E-state index contributed by atoms with van der Waals surface area (Å²) in [4.78, 5) is 4.49. The monoisotopic (exact) mass is 158 g/mol. The summed E-state index contributed by atoms with van der Waals surface area (Å²) in [5.74, 6) is 0.623. The van der Waals surface area contributed by atoms with E-state index < -0.39 is 0 Å². The van der Waals surface area contributed by atoms with Gasteiger partial charge in [0.15, 0.2) is 0 Å². The van der Waals surface area contributed by atoms with Crippen molar-refractivity contribution in [1.82, 2.24) is 9.80 Å². The highest BCUT2D eigenvalue weighted by molar-refractivity contribution is 6.43. The van der Waals surface area contributed by atoms with E-state index in [1.165, 1.54) is 0 Å². The van der Waals surface area contributed by atoms with Crippen LogP contribution >= 0.6 is 0 Å². The quantitative estimate of drug-likeness (QED) is 0.410. The van der Waals surface area contributed by atoms with E-state index in [-0.39, 0.29) is 9.52 Å². The topological polar surface area (TPSA) is 6.48 Å². The Morgan fingerprint density at radius 1 is 1.20 bits per heavy atom. The largest absolute Gasteiger partial charge is 0.297 e. The van der Waals surface area contributed by atoms with Gasteiger partial charge in [0, 0.05) is 5.79 Å². The average Bonchev–Trinajstić information content (AvgIpc) is 1.81. The van der Waals surface area contributed by atoms with E-state index in [2.05, 4.69) is 50.3 Å². The smallest absolute Gasteiger partial charge is 0.0823 e. The van der Waals surface area contributed by atoms with E-state index in [1.807, 2.05) is 0 Å². The first-order chi connectivity index (χ1) is 4.59. The first kappa shape index (κ1) is 9.88. The fourth-order valence-corrected chi connectivity index (χ4v) is 2.17. The maximum absolute atomic E-state index is 3.77. The molecule has 0 unspecified atom stereocenters. The fourth-order valence-electron chi connectivity index (χ4n) is 1.03. The van der Waals surface area contributed by atoms with Crippen LogP contribution in [0.3, 0.4) is 0 Å². The van der Waals surface area contributed by atoms with Crippen molar-refractivity contribution in [2.45, 2.75) is 5.79 Å². The van der Waals surface area contributed by atoms with Crippen molar-refractivity contribution in [2.24, 2.45) is 0 Å². The van der Waals surface area contributed by atoms with E-state index in [4.69, 9.17) is 0 Å². The Hall–Kier alpha value is -0.123. The fraction of sp³-hybridized carbons (Fsp3) is 0.714. The third-order valence-corrected chi connectivity index (χ3v) is 3.79. The molecule has 0 heterocycles. The van der Waals surface area contributed by atoms with Gasteiger partial charge in [-0.3, -0.25) is 9.80 Å². The van der Waals surface area contributed by atoms with Crippen LogP contribution in [0.2, 0.25) is 0 Å². The van der Waals surface area contributed by atoms with Crippen molar-refractivity contribution in [2.75, 3.05) is 28.2 Å². The number of nitrogens with zero attached hydrogens (tertiary/aromatic N) is 2. The van der Waals surface area contributed by atoms with Gasteiger partial charge in [0.2, 0.25) is 0 Å². The van der Waals surface area contributed by atoms with Crippen LogP contribution in [0.5, 0.6) is 0 Å². The minimum absolute atomic E-state index is 0.144. The molecule has 0 aliphatic carbocycles. The molecule has 0 rings (SSSR count). The Labute approximate surface area is 66.3 Å². The second-order valence-corrected chi connectivity index (χ2v) is 4.71. The van der Waals surface area contributed by atoms with Crippen molar-refractivity contribution in [3.05, 3.63) is 12.3 Å². The summed E-state index contributed by atoms with van der Waals surface area (Å²) in [6.45, 7) is 3.77. The summed E-state index contributed by atoms with van der Waals surface area (Å²) >= 11 is 0. The van der Waals surface area contributed by atoms with Gasteiger partial charge in [0.05, 0.1) is 9.52 Å². The molecule has 0 aromatic rings. The Morgan fingerprint density at radius 2 is 1.60 bits per heavy atom. The summed E-state index contributed by atoms with van der Waals surface area (Å²) < 4.78 is 0. The molecule has 0 spiro atoms. The van der Waals surface area contributed by atoms with E-state index >= 15 is 0 Å². The molecule has 0 aliphatic heterocycles. The number of hydrogen-bond donors (Lipinski definition) is 0. The summed E-state index contributed by atoms with van der Waals surface area (Å²) in [5, 5.41) is 0. The molecule has 0 radical (unpaired) electrons. The van der Waals surface area contributed by atoms with Gasteiger partial charge in [-0.2, -0.15) is 0 Å². The van der Waals surface area contributed by atoms with Crippen LogP contribution in [-0.4, -0.2) is 53.3 Å². The highest BCUT2D eigenvalue weighted by Crippen LogP contribution is 1.93. The van der Waals surface area contributed by atoms with Crippen LogP contribution in [0.4, 0.5) is 0 Å². The number of hydrogen-bond acceptors (Lipinski definition) is 2. The standard InChI is InChI=1S/C7H18N2Si/c1-6-10-7(8(2)3)9(4)5/h6-7H,1,10H2,2-5H3. The van der Waals surface area contributed by atoms with Gasteiger partial charge >= 0.3 is 0 Å². The zero-order chi connectivity index (χ0) is 8.15. The van der Waals surface area contributed by atoms with Gasteiger partial charge in [-0.15, -0.1) is 12.3 Å². The number of rotatable bonds is 4. The van der Waals surface area contributed by atoms with E-state index in [1.54, 1.807) is 0 Å². The van der Waals surface area contributed by atoms with Gasteiger partial charge in [-0.25, -0.2) is 0 Å². The molecule has 3 heteroatoms. The third-order valence-electron chi connectivity index (χ3n) is 1.57. The zero-order valence-corrected chi connectivity index (χ0v) is 8.88. The van der Waals surface area contributed by atoms with Gasteiger partial charge in [0.1, 0.15) is 0 Å². The minimum atomic E-state index is -0.144. The molecule has 60 valence electrons. The van der Waals surface area contributed by atoms with E-state index in [0.717, 1.165) is 0 Å². The van der Waals surface area contributed by atoms with Gasteiger partial charge in [-0.05, 0) is 28.2 Å². The normalized spacial score (nSPS) is 12.7. The van der Waals surface area contributed by atoms with Crippen LogP contribution < -0.4 is 0 Å². The highest BCUT2D eigenvalue weighted by Gasteiger charge is 2.10. The molecular weight excluding hydrogens is 140 g/mol. The Bertz CT molecular complexity index is 93.8. The molecule has 0 saturated heterocycles. The molecule has 2 nitrogen and oxygen atoms in total. The van der Waals surface area contributed by atoms with Crippen LogP contribution in [0.15, 0.2) is 12.3 Å². The molecule has 0 aromatic carbocycles. The average molecular weight is 158 g/mol. The molecule has 0 N–H and O–H groups in total. The molecular formula is C7H18N2Si. The van der Waals surface area contributed by atoms with Crippen LogP contribution in [0, 0.1) is 0 Å². The lowest BCUT2D eigenvalue weighted by Gasteiger charge is -2.29. The summed E-state index contributed by atoms with van der Waals surface area (Å²) in [6.07, 6.45) is 0. The Balaban J connectivity index is 3.84. The first-order valence-corrected chi connectivity index (χ1v) is 5.16. The highest BCUT2D eigenvalue weighted by atomic mass is 28.2. The Morgan fingerprint density at radius 3 is 1.70 bits per heavy atom. The van der Waals surface area contributed by atoms with Gasteiger partial charge in [-0.1, -0.05) is 0 Å². The second-order valence-electron chi connectivity index (χ2n) is 2.93. The molecule has 0 saturated carbocycles. The third kappa shape index (κ3) is 3.15. The predicted molar refractivity (Wildman–Crippen MR) is 49.9 cm³/mol. The molecule has 0 aliphatic rings. The van der Waals surface area contributed by atoms with Gasteiger partial charge in [0.25, 0.3) is 0 Å². The van der Waals surface area contributed by atoms with Crippen LogP contribution in [0.25, 0.3) is 0 Å². The maximum atomic E-state index is 3.77. The minimum Gasteiger partial charge on any atom is -0.297 e. The lowest BCUT2D eigenvalue weighted by atomic mass is 10.8. The van der Waals surface area contributed by atoms with Crippen molar-refractivity contribution in [1.29, 1.82) is 0 Å². The summed E-state index contributed by atoms with van der Waals surface area (Å²) in [6, 6.07) is 0. The van der Waals surface area contributed by atoms with E-state index in [9.17, 15) is 0 Å². The van der Waals surface area contributed by atoms with Crippen LogP contribution in [-0.2, 0) is 0 Å². The summed E-state index contributed by atoms with van der Waals surface area (Å²) in [5.41, 5.74) is 2.09. The summed E-state index contributed by atoms with van der Waals surface area (Å²) in [7, 11) is 8.31. The van der Waals surface area contributed by atoms with Crippen LogP contribution in [0.1, 0.15) is 0 Å². The van der Waals surface area contributed by atoms with Gasteiger partial charge < -0.3 is 0 Å². The van der Waals surface area contributed by atoms with Crippen molar-refractivity contribution in [3.63, 3.8) is 0 Å². The predicted octanol–water partition coefficient (Wildman–Crippen LogP) is -0.295. The molecule has 0 amide bonds. The maximum Gasteiger partial charge on any atom is 0.0823 e. The van der Waals surface area contributed by atoms with E-state index in [0.29, 0.717) is 5.79 Å². The molecule has 0 aromatic heterocycles. The van der Waals surface area contributed by atoms with Crippen molar-refractivity contribution >= 4 is 9.52 Å². The first-order valence-electron chi connectivity index (χ1n) is 3.53. The van der Waals surface area contributed by atoms with Crippen molar-refractivity contribution < 1.29 is 0 Å². The lowest BCUT2D eigenvalue weighted by Crippen LogP contribution is -2.44. The molecule has 0 atom stereocenters. The molecule has 0 fully saturated rings.